The summed E-state index contributed by atoms with van der Waals surface area (Å²) in [6.07, 6.45) is 11.1. The third kappa shape index (κ3) is 4.13. The largest absolute Gasteiger partial charge is 0.390 e. The van der Waals surface area contributed by atoms with E-state index >= 15 is 0 Å². The number of fused-ring (bicyclic) bond motifs is 4. The second kappa shape index (κ2) is 10.1. The highest BCUT2D eigenvalue weighted by Gasteiger charge is 2.84. The molecule has 7 nitrogen and oxygen atoms in total. The van der Waals surface area contributed by atoms with Crippen molar-refractivity contribution in [3.63, 3.8) is 0 Å². The molecule has 0 amide bonds. The van der Waals surface area contributed by atoms with Crippen molar-refractivity contribution < 1.29 is 29.5 Å². The first-order chi connectivity index (χ1) is 21.1. The molecule has 0 aromatic heterocycles. The van der Waals surface area contributed by atoms with Gasteiger partial charge < -0.3 is 29.5 Å². The van der Waals surface area contributed by atoms with Crippen LogP contribution in [0.4, 0.5) is 0 Å². The SMILES string of the molecule is C[C@@H]1CC([C@H](O)C(C)(C)O)OC2[C@H]1[C@@]1(C)CC[C@@]34C[C@@]35CCC(O[C@H]3CN(C6CCC6)CCO3)C(C)(C)[C@@H]5CCC4[C@]1(C)[C@H]2O. The van der Waals surface area contributed by atoms with Gasteiger partial charge in [-0.2, -0.15) is 0 Å². The molecule has 8 aliphatic rings. The number of nitrogens with zero attached hydrogens (tertiary/aromatic N) is 1. The minimum atomic E-state index is -1.24. The minimum absolute atomic E-state index is 0.00580. The lowest BCUT2D eigenvalue weighted by atomic mass is 9.41. The van der Waals surface area contributed by atoms with Crippen molar-refractivity contribution in [2.24, 2.45) is 50.7 Å². The van der Waals surface area contributed by atoms with E-state index in [2.05, 4.69) is 39.5 Å². The lowest BCUT2D eigenvalue weighted by Gasteiger charge is -2.64. The van der Waals surface area contributed by atoms with E-state index in [9.17, 15) is 15.3 Å². The van der Waals surface area contributed by atoms with Crippen LogP contribution in [0.15, 0.2) is 0 Å². The average Bonchev–Trinajstić information content (AvgIpc) is 3.57. The lowest BCUT2D eigenvalue weighted by Crippen LogP contribution is -2.60. The van der Waals surface area contributed by atoms with Crippen LogP contribution in [0.2, 0.25) is 0 Å². The Morgan fingerprint density at radius 3 is 2.36 bits per heavy atom. The van der Waals surface area contributed by atoms with E-state index in [1.165, 1.54) is 51.4 Å². The number of hydrogen-bond donors (Lipinski definition) is 3. The van der Waals surface area contributed by atoms with E-state index in [4.69, 9.17) is 14.2 Å². The van der Waals surface area contributed by atoms with Crippen LogP contribution < -0.4 is 0 Å². The Morgan fingerprint density at radius 1 is 0.956 bits per heavy atom. The highest BCUT2D eigenvalue weighted by molar-refractivity contribution is 5.33. The first kappa shape index (κ1) is 32.0. The van der Waals surface area contributed by atoms with Gasteiger partial charge in [-0.05, 0) is 123 Å². The number of ether oxygens (including phenoxy) is 3. The normalized spacial score (nSPS) is 54.9. The Balaban J connectivity index is 1.03. The molecule has 45 heavy (non-hydrogen) atoms. The quantitative estimate of drug-likeness (QED) is 0.369. The number of morpholine rings is 1. The van der Waals surface area contributed by atoms with Crippen molar-refractivity contribution in [2.75, 3.05) is 19.7 Å². The number of aliphatic hydroxyl groups is 3. The summed E-state index contributed by atoms with van der Waals surface area (Å²) in [5.74, 6) is 1.71. The molecule has 7 heteroatoms. The molecule has 14 atom stereocenters. The van der Waals surface area contributed by atoms with Gasteiger partial charge in [0.1, 0.15) is 6.10 Å². The third-order valence-corrected chi connectivity index (χ3v) is 16.8. The predicted molar refractivity (Wildman–Crippen MR) is 172 cm³/mol. The molecule has 6 aliphatic carbocycles. The molecule has 8 fully saturated rings. The topological polar surface area (TPSA) is 91.6 Å². The Hall–Kier alpha value is -0.280. The van der Waals surface area contributed by atoms with Crippen LogP contribution in [0.5, 0.6) is 0 Å². The fourth-order valence-corrected chi connectivity index (χ4v) is 14.2. The number of aliphatic hydroxyl groups excluding tert-OH is 2. The van der Waals surface area contributed by atoms with Crippen molar-refractivity contribution in [1.82, 2.24) is 4.90 Å². The molecule has 2 spiro atoms. The summed E-state index contributed by atoms with van der Waals surface area (Å²) in [4.78, 5) is 2.62. The van der Waals surface area contributed by atoms with Crippen molar-refractivity contribution in [2.45, 2.75) is 168 Å². The van der Waals surface area contributed by atoms with Crippen LogP contribution in [-0.2, 0) is 14.2 Å². The smallest absolute Gasteiger partial charge is 0.170 e. The van der Waals surface area contributed by atoms with E-state index in [1.807, 2.05) is 0 Å². The van der Waals surface area contributed by atoms with Gasteiger partial charge in [0.15, 0.2) is 6.29 Å². The highest BCUT2D eigenvalue weighted by Crippen LogP contribution is 2.89. The van der Waals surface area contributed by atoms with Gasteiger partial charge in [-0.3, -0.25) is 4.90 Å². The van der Waals surface area contributed by atoms with E-state index in [-0.39, 0.29) is 40.7 Å². The van der Waals surface area contributed by atoms with Gasteiger partial charge in [-0.15, -0.1) is 0 Å². The zero-order valence-corrected chi connectivity index (χ0v) is 29.3. The number of rotatable bonds is 5. The molecule has 2 saturated heterocycles. The van der Waals surface area contributed by atoms with Gasteiger partial charge in [0.25, 0.3) is 0 Å². The van der Waals surface area contributed by atoms with Crippen LogP contribution in [0.1, 0.15) is 119 Å². The van der Waals surface area contributed by atoms with Crippen LogP contribution in [0, 0.1) is 50.7 Å². The van der Waals surface area contributed by atoms with Gasteiger partial charge in [0.05, 0.1) is 36.6 Å². The van der Waals surface area contributed by atoms with Crippen LogP contribution >= 0.6 is 0 Å². The fraction of sp³-hybridized carbons (Fsp3) is 1.00. The van der Waals surface area contributed by atoms with Crippen molar-refractivity contribution >= 4 is 0 Å². The summed E-state index contributed by atoms with van der Waals surface area (Å²) >= 11 is 0. The molecule has 2 heterocycles. The second-order valence-electron chi connectivity index (χ2n) is 19.2. The van der Waals surface area contributed by atoms with Crippen molar-refractivity contribution in [3.8, 4) is 0 Å². The zero-order chi connectivity index (χ0) is 31.9. The zero-order valence-electron chi connectivity index (χ0n) is 29.3. The Labute approximate surface area is 272 Å². The summed E-state index contributed by atoms with van der Waals surface area (Å²) in [6, 6.07) is 0.739. The van der Waals surface area contributed by atoms with E-state index in [0.29, 0.717) is 28.6 Å². The summed E-state index contributed by atoms with van der Waals surface area (Å²) in [7, 11) is 0. The monoisotopic (exact) mass is 629 g/mol. The molecular weight excluding hydrogens is 566 g/mol. The number of hydrogen-bond acceptors (Lipinski definition) is 7. The highest BCUT2D eigenvalue weighted by atomic mass is 16.7. The van der Waals surface area contributed by atoms with E-state index < -0.39 is 23.9 Å². The van der Waals surface area contributed by atoms with Gasteiger partial charge in [0.2, 0.25) is 0 Å². The predicted octanol–water partition coefficient (Wildman–Crippen LogP) is 5.53. The van der Waals surface area contributed by atoms with E-state index in [0.717, 1.165) is 45.0 Å². The first-order valence-electron chi connectivity index (χ1n) is 18.9. The molecule has 0 aromatic carbocycles. The maximum absolute atomic E-state index is 12.4. The summed E-state index contributed by atoms with van der Waals surface area (Å²) in [5.41, 5.74) is -0.715. The van der Waals surface area contributed by atoms with E-state index in [1.54, 1.807) is 13.8 Å². The molecule has 256 valence electrons. The average molecular weight is 630 g/mol. The maximum atomic E-state index is 12.4. The lowest BCUT2D eigenvalue weighted by molar-refractivity contribution is -0.252. The summed E-state index contributed by atoms with van der Waals surface area (Å²) < 4.78 is 19.9. The van der Waals surface area contributed by atoms with Crippen molar-refractivity contribution in [1.29, 1.82) is 0 Å². The van der Waals surface area contributed by atoms with Gasteiger partial charge in [0, 0.05) is 24.5 Å². The maximum Gasteiger partial charge on any atom is 0.170 e. The van der Waals surface area contributed by atoms with Gasteiger partial charge in [-0.1, -0.05) is 41.0 Å². The Bertz CT molecular complexity index is 1170. The molecule has 0 radical (unpaired) electrons. The third-order valence-electron chi connectivity index (χ3n) is 16.8. The standard InChI is InChI=1S/C38H63NO6/c1-22-19-24(31(40)34(4,5)42)44-30-29(22)35(6)15-16-38-21-37(38)14-13-27(45-28-20-39(17-18-43-28)23-9-8-10-23)33(2,3)25(37)11-12-26(38)36(35,7)32(30)41/h22-32,40-42H,8-21H2,1-7H3/t22-,24?,25+,26?,27?,28+,29+,30?,31+,32+,35-,36-,37-,38+/m1/s1. The van der Waals surface area contributed by atoms with Crippen LogP contribution in [-0.4, -0.2) is 88.4 Å². The van der Waals surface area contributed by atoms with Gasteiger partial charge >= 0.3 is 0 Å². The minimum Gasteiger partial charge on any atom is -0.390 e. The summed E-state index contributed by atoms with van der Waals surface area (Å²) in [5, 5.41) is 34.1. The molecule has 0 aromatic rings. The molecule has 2 aliphatic heterocycles. The second-order valence-corrected chi connectivity index (χ2v) is 19.2. The molecule has 3 N–H and O–H groups in total. The first-order valence-corrected chi connectivity index (χ1v) is 18.9. The van der Waals surface area contributed by atoms with Crippen LogP contribution in [0.3, 0.4) is 0 Å². The summed E-state index contributed by atoms with van der Waals surface area (Å²) in [6.45, 7) is 18.3. The Morgan fingerprint density at radius 2 is 1.67 bits per heavy atom. The molecular formula is C38H63NO6. The fourth-order valence-electron chi connectivity index (χ4n) is 14.2. The molecule has 4 unspecified atom stereocenters. The van der Waals surface area contributed by atoms with Crippen LogP contribution in [0.25, 0.3) is 0 Å². The Kier molecular flexibility index (Phi) is 7.20. The molecule has 6 saturated carbocycles. The molecule has 0 bridgehead atoms. The molecule has 8 rings (SSSR count). The van der Waals surface area contributed by atoms with Crippen molar-refractivity contribution in [3.05, 3.63) is 0 Å². The van der Waals surface area contributed by atoms with Gasteiger partial charge in [-0.25, -0.2) is 0 Å².